The van der Waals surface area contributed by atoms with Crippen LogP contribution >= 0.6 is 0 Å². The molecule has 7 rings (SSSR count). The third kappa shape index (κ3) is 10.8. The average molecular weight is 1020 g/mol. The van der Waals surface area contributed by atoms with Gasteiger partial charge in [-0.05, 0) is 90.3 Å². The van der Waals surface area contributed by atoms with Crippen LogP contribution in [0.15, 0.2) is 159 Å². The van der Waals surface area contributed by atoms with Crippen LogP contribution in [0.3, 0.4) is 0 Å². The van der Waals surface area contributed by atoms with Crippen LogP contribution in [0.25, 0.3) is 21.5 Å². The minimum Gasteiger partial charge on any atom is -0.505 e. The lowest BCUT2D eigenvalue weighted by Crippen LogP contribution is -2.11. The molecule has 0 atom stereocenters. The quantitative estimate of drug-likeness (QED) is 0.0304. The van der Waals surface area contributed by atoms with Gasteiger partial charge in [0.2, 0.25) is 0 Å². The molecule has 7 aromatic rings. The zero-order chi connectivity index (χ0) is 50.2. The summed E-state index contributed by atoms with van der Waals surface area (Å²) < 4.78 is 147. The van der Waals surface area contributed by atoms with E-state index >= 15 is 0 Å². The van der Waals surface area contributed by atoms with Crippen LogP contribution in [-0.4, -0.2) is 77.1 Å². The maximum atomic E-state index is 12.9. The highest BCUT2D eigenvalue weighted by Crippen LogP contribution is 2.46. The third-order valence-electron chi connectivity index (χ3n) is 9.78. The standard InChI is InChI=1S/C41H32N8O16S4/c1-64-35-20-33(47-49-39-38(69(61,62)63)15-22-5-8-24(16-28(22)40(39)50)43-41(51)21-3-6-23(42)7-4-21)36(65-2)19-32(35)46-45-31-13-12-30(27-11-9-25(17-29(27)31)66(52,53)54)44-48-34-18-26(67(55,56)57)10-14-37(34)68(58,59)60/h3-20,50H,42H2,1-2H3,(H,43,51)(H,52,53,54)(H,55,56,57)(H,58,59,60)(H,61,62,63). The van der Waals surface area contributed by atoms with Gasteiger partial charge in [-0.2, -0.15) is 33.7 Å². The molecule has 0 bridgehead atoms. The van der Waals surface area contributed by atoms with E-state index in [-0.39, 0.29) is 67.0 Å². The first-order valence-electron chi connectivity index (χ1n) is 18.9. The molecule has 0 saturated carbocycles. The van der Waals surface area contributed by atoms with Crippen LogP contribution < -0.4 is 20.5 Å². The molecule has 0 spiro atoms. The van der Waals surface area contributed by atoms with Crippen molar-refractivity contribution in [1.82, 2.24) is 0 Å². The number of benzene rings is 7. The first-order chi connectivity index (χ1) is 32.3. The van der Waals surface area contributed by atoms with Crippen LogP contribution in [0.4, 0.5) is 45.5 Å². The van der Waals surface area contributed by atoms with E-state index < -0.39 is 83.1 Å². The molecule has 0 aliphatic rings. The summed E-state index contributed by atoms with van der Waals surface area (Å²) in [5, 5.41) is 38.5. The van der Waals surface area contributed by atoms with Crippen molar-refractivity contribution in [2.24, 2.45) is 30.7 Å². The monoisotopic (exact) mass is 1020 g/mol. The highest BCUT2D eigenvalue weighted by Gasteiger charge is 2.24. The predicted octanol–water partition coefficient (Wildman–Crippen LogP) is 8.78. The summed E-state index contributed by atoms with van der Waals surface area (Å²) in [6.07, 6.45) is 0. The van der Waals surface area contributed by atoms with E-state index in [1.807, 2.05) is 0 Å². The molecule has 69 heavy (non-hydrogen) atoms. The van der Waals surface area contributed by atoms with Gasteiger partial charge in [-0.25, -0.2) is 0 Å². The number of nitrogens with two attached hydrogens (primary N) is 1. The Morgan fingerprint density at radius 1 is 0.507 bits per heavy atom. The summed E-state index contributed by atoms with van der Waals surface area (Å²) in [4.78, 5) is 9.80. The number of hydrogen-bond donors (Lipinski definition) is 7. The summed E-state index contributed by atoms with van der Waals surface area (Å²) in [5.74, 6) is -1.39. The minimum atomic E-state index is -5.04. The molecule has 0 fully saturated rings. The number of nitrogens with one attached hydrogen (secondary N) is 1. The smallest absolute Gasteiger partial charge is 0.296 e. The minimum absolute atomic E-state index is 0.0100. The van der Waals surface area contributed by atoms with Gasteiger partial charge in [0.1, 0.15) is 44.0 Å². The van der Waals surface area contributed by atoms with Gasteiger partial charge < -0.3 is 25.6 Å². The number of methoxy groups -OCH3 is 2. The second kappa shape index (κ2) is 18.7. The number of hydrogen-bond acceptors (Lipinski definition) is 19. The van der Waals surface area contributed by atoms with Gasteiger partial charge in [0.25, 0.3) is 46.4 Å². The van der Waals surface area contributed by atoms with Gasteiger partial charge in [0.15, 0.2) is 5.75 Å². The Morgan fingerprint density at radius 3 is 1.59 bits per heavy atom. The maximum Gasteiger partial charge on any atom is 0.296 e. The molecule has 0 aromatic heterocycles. The molecule has 0 unspecified atom stereocenters. The molecule has 1 amide bonds. The number of nitrogen functional groups attached to an aromatic ring is 1. The fourth-order valence-corrected chi connectivity index (χ4v) is 8.74. The van der Waals surface area contributed by atoms with Crippen LogP contribution in [0.2, 0.25) is 0 Å². The highest BCUT2D eigenvalue weighted by atomic mass is 32.2. The number of amides is 1. The number of carbonyl (C=O) groups is 1. The summed E-state index contributed by atoms with van der Waals surface area (Å²) in [6, 6.07) is 21.5. The maximum absolute atomic E-state index is 12.9. The number of anilines is 2. The molecule has 0 saturated heterocycles. The second-order valence-corrected chi connectivity index (χ2v) is 19.8. The van der Waals surface area contributed by atoms with Gasteiger partial charge in [-0.3, -0.25) is 23.0 Å². The number of ether oxygens (including phenoxy) is 2. The van der Waals surface area contributed by atoms with Crippen molar-refractivity contribution in [2.45, 2.75) is 19.6 Å². The zero-order valence-corrected chi connectivity index (χ0v) is 38.3. The molecule has 0 heterocycles. The number of azo groups is 3. The predicted molar refractivity (Wildman–Crippen MR) is 246 cm³/mol. The molecule has 0 aliphatic heterocycles. The first-order valence-corrected chi connectivity index (χ1v) is 24.7. The van der Waals surface area contributed by atoms with E-state index in [0.29, 0.717) is 23.9 Å². The lowest BCUT2D eigenvalue weighted by atomic mass is 10.1. The molecule has 24 nitrogen and oxygen atoms in total. The van der Waals surface area contributed by atoms with E-state index in [1.165, 1.54) is 87.0 Å². The van der Waals surface area contributed by atoms with E-state index in [4.69, 9.17) is 15.2 Å². The largest absolute Gasteiger partial charge is 0.505 e. The van der Waals surface area contributed by atoms with Gasteiger partial charge >= 0.3 is 0 Å². The SMILES string of the molecule is COc1cc(N=Nc2ccc(N=Nc3cc(S(=O)(=O)O)ccc3S(=O)(=O)O)c3ccc(S(=O)(=O)O)cc23)c(OC)cc1N=Nc1c(S(=O)(=O)O)cc2ccc(NC(=O)c3ccc(N)cc3)cc2c1O. The van der Waals surface area contributed by atoms with Crippen LogP contribution in [0, 0.1) is 0 Å². The number of aromatic hydroxyl groups is 1. The molecular formula is C41H32N8O16S4. The molecule has 0 radical (unpaired) electrons. The normalized spacial score (nSPS) is 12.7. The van der Waals surface area contributed by atoms with Gasteiger partial charge in [0, 0.05) is 45.2 Å². The Hall–Kier alpha value is -7.83. The molecule has 8 N–H and O–H groups in total. The average Bonchev–Trinajstić information content (AvgIpc) is 3.28. The third-order valence-corrected chi connectivity index (χ3v) is 13.2. The summed E-state index contributed by atoms with van der Waals surface area (Å²) >= 11 is 0. The zero-order valence-electron chi connectivity index (χ0n) is 35.0. The lowest BCUT2D eigenvalue weighted by Gasteiger charge is -2.12. The van der Waals surface area contributed by atoms with Crippen molar-refractivity contribution >= 4 is 113 Å². The van der Waals surface area contributed by atoms with Crippen molar-refractivity contribution in [3.63, 3.8) is 0 Å². The number of nitrogens with zero attached hydrogens (tertiary/aromatic N) is 6. The lowest BCUT2D eigenvalue weighted by molar-refractivity contribution is 0.102. The number of phenolic OH excluding ortho intramolecular Hbond substituents is 1. The second-order valence-electron chi connectivity index (χ2n) is 14.2. The number of rotatable bonds is 14. The number of carbonyl (C=O) groups excluding carboxylic acids is 1. The van der Waals surface area contributed by atoms with E-state index in [0.717, 1.165) is 18.2 Å². The highest BCUT2D eigenvalue weighted by molar-refractivity contribution is 7.86. The Morgan fingerprint density at radius 2 is 1.03 bits per heavy atom. The van der Waals surface area contributed by atoms with Gasteiger partial charge in [0.05, 0.1) is 35.4 Å². The van der Waals surface area contributed by atoms with Crippen LogP contribution in [0.1, 0.15) is 10.4 Å². The topological polar surface area (TPSA) is 385 Å². The molecule has 7 aromatic carbocycles. The molecule has 28 heteroatoms. The molecular weight excluding hydrogens is 989 g/mol. The Balaban J connectivity index is 1.27. The summed E-state index contributed by atoms with van der Waals surface area (Å²) in [7, 11) is -17.3. The Kier molecular flexibility index (Phi) is 13.3. The number of fused-ring (bicyclic) bond motifs is 2. The van der Waals surface area contributed by atoms with E-state index in [9.17, 15) is 61.8 Å². The molecule has 356 valence electrons. The summed E-state index contributed by atoms with van der Waals surface area (Å²) in [5.41, 5.74) is 4.87. The fourth-order valence-electron chi connectivity index (χ4n) is 6.48. The Bertz CT molecular complexity index is 3830. The van der Waals surface area contributed by atoms with Crippen LogP contribution in [0.5, 0.6) is 17.2 Å². The number of phenols is 1. The first kappa shape index (κ1) is 49.1. The summed E-state index contributed by atoms with van der Waals surface area (Å²) in [6.45, 7) is 0. The van der Waals surface area contributed by atoms with E-state index in [1.54, 1.807) is 0 Å². The fraction of sp³-hybridized carbons (Fsp3) is 0.0488. The van der Waals surface area contributed by atoms with Gasteiger partial charge in [-0.15, -0.1) is 30.7 Å². The van der Waals surface area contributed by atoms with Crippen LogP contribution in [-0.2, 0) is 40.5 Å². The van der Waals surface area contributed by atoms with Crippen molar-refractivity contribution in [3.8, 4) is 17.2 Å². The van der Waals surface area contributed by atoms with E-state index in [2.05, 4.69) is 36.0 Å². The van der Waals surface area contributed by atoms with Crippen molar-refractivity contribution < 1.29 is 71.3 Å². The Labute approximate surface area is 390 Å². The van der Waals surface area contributed by atoms with Crippen molar-refractivity contribution in [3.05, 3.63) is 115 Å². The van der Waals surface area contributed by atoms with Crippen molar-refractivity contribution in [1.29, 1.82) is 0 Å². The van der Waals surface area contributed by atoms with Crippen molar-refractivity contribution in [2.75, 3.05) is 25.3 Å². The van der Waals surface area contributed by atoms with Gasteiger partial charge in [-0.1, -0.05) is 12.1 Å². The molecule has 0 aliphatic carbocycles.